The Kier molecular flexibility index (Phi) is 3.63. The molecule has 0 unspecified atom stereocenters. The fourth-order valence-corrected chi connectivity index (χ4v) is 2.41. The van der Waals surface area contributed by atoms with Crippen LogP contribution < -0.4 is 0 Å². The van der Waals surface area contributed by atoms with Crippen molar-refractivity contribution in [1.82, 2.24) is 0 Å². The number of nitro groups is 1. The lowest BCUT2D eigenvalue weighted by Gasteiger charge is -2.15. The van der Waals surface area contributed by atoms with Crippen LogP contribution in [-0.4, -0.2) is 22.6 Å². The Morgan fingerprint density at radius 1 is 1.56 bits per heavy atom. The first-order valence-electron chi connectivity index (χ1n) is 5.29. The van der Waals surface area contributed by atoms with E-state index >= 15 is 0 Å². The third-order valence-electron chi connectivity index (χ3n) is 2.90. The number of hydrogen-bond donors (Lipinski definition) is 1. The molecule has 1 aliphatic heterocycles. The molecule has 0 aliphatic carbocycles. The van der Waals surface area contributed by atoms with E-state index in [1.54, 1.807) is 6.07 Å². The lowest BCUT2D eigenvalue weighted by molar-refractivity contribution is -0.386. The van der Waals surface area contributed by atoms with Crippen LogP contribution in [0.25, 0.3) is 0 Å². The second-order valence-corrected chi connectivity index (χ2v) is 4.90. The van der Waals surface area contributed by atoms with Crippen molar-refractivity contribution in [3.63, 3.8) is 0 Å². The van der Waals surface area contributed by atoms with Crippen LogP contribution in [0, 0.1) is 16.0 Å². The van der Waals surface area contributed by atoms with Crippen LogP contribution >= 0.6 is 15.9 Å². The zero-order valence-corrected chi connectivity index (χ0v) is 10.8. The summed E-state index contributed by atoms with van der Waals surface area (Å²) in [5, 5.41) is 20.1. The third-order valence-corrected chi connectivity index (χ3v) is 3.40. The van der Waals surface area contributed by atoms with E-state index in [1.807, 2.05) is 0 Å². The fourth-order valence-electron chi connectivity index (χ4n) is 2.06. The van der Waals surface area contributed by atoms with Crippen molar-refractivity contribution < 1.29 is 19.6 Å². The molecule has 1 N–H and O–H groups in total. The van der Waals surface area contributed by atoms with Crippen LogP contribution in [0.5, 0.6) is 0 Å². The van der Waals surface area contributed by atoms with Crippen LogP contribution in [0.1, 0.15) is 18.1 Å². The van der Waals surface area contributed by atoms with Crippen molar-refractivity contribution in [2.24, 2.45) is 5.92 Å². The molecule has 6 nitrogen and oxygen atoms in total. The number of halogens is 1. The monoisotopic (exact) mass is 315 g/mol. The fraction of sp³-hybridized carbons (Fsp3) is 0.364. The Morgan fingerprint density at radius 3 is 2.89 bits per heavy atom. The average Bonchev–Trinajstić information content (AvgIpc) is 2.77. The molecule has 2 rings (SSSR count). The van der Waals surface area contributed by atoms with Gasteiger partial charge < -0.3 is 9.84 Å². The Bertz CT molecular complexity index is 504. The van der Waals surface area contributed by atoms with Gasteiger partial charge in [-0.05, 0) is 18.6 Å². The minimum Gasteiger partial charge on any atom is -0.481 e. The summed E-state index contributed by atoms with van der Waals surface area (Å²) in [4.78, 5) is 21.5. The van der Waals surface area contributed by atoms with E-state index in [4.69, 9.17) is 9.84 Å². The second-order valence-electron chi connectivity index (χ2n) is 3.99. The molecule has 1 fully saturated rings. The molecule has 7 heteroatoms. The van der Waals surface area contributed by atoms with Gasteiger partial charge in [0, 0.05) is 17.1 Å². The Labute approximate surface area is 111 Å². The molecule has 0 bridgehead atoms. The molecule has 0 amide bonds. The van der Waals surface area contributed by atoms with E-state index in [-0.39, 0.29) is 5.69 Å². The van der Waals surface area contributed by atoms with Crippen molar-refractivity contribution in [2.45, 2.75) is 12.5 Å². The molecular formula is C11H10BrNO5. The standard InChI is InChI=1S/C11H10BrNO5/c12-6-1-2-7(9(5-6)13(16)17)10-8(11(14)15)3-4-18-10/h1-2,5,8,10H,3-4H2,(H,14,15)/t8-,10-/m1/s1. The zero-order chi connectivity index (χ0) is 13.3. The molecule has 2 atom stereocenters. The average molecular weight is 316 g/mol. The van der Waals surface area contributed by atoms with Gasteiger partial charge in [-0.15, -0.1) is 0 Å². The molecule has 1 aromatic carbocycles. The van der Waals surface area contributed by atoms with Crippen molar-refractivity contribution in [2.75, 3.05) is 6.61 Å². The highest BCUT2D eigenvalue weighted by Gasteiger charge is 2.38. The van der Waals surface area contributed by atoms with E-state index < -0.39 is 22.9 Å². The second kappa shape index (κ2) is 5.03. The summed E-state index contributed by atoms with van der Waals surface area (Å²) in [5.74, 6) is -1.72. The Morgan fingerprint density at radius 2 is 2.28 bits per heavy atom. The lowest BCUT2D eigenvalue weighted by Crippen LogP contribution is -2.18. The summed E-state index contributed by atoms with van der Waals surface area (Å²) in [6.07, 6.45) is -0.385. The number of carbonyl (C=O) groups is 1. The SMILES string of the molecule is O=C(O)[C@@H]1CCO[C@@H]1c1ccc(Br)cc1[N+](=O)[O-]. The van der Waals surface area contributed by atoms with Crippen LogP contribution in [0.15, 0.2) is 22.7 Å². The minimum atomic E-state index is -0.991. The number of benzene rings is 1. The largest absolute Gasteiger partial charge is 0.481 e. The molecule has 1 heterocycles. The van der Waals surface area contributed by atoms with Gasteiger partial charge in [-0.1, -0.05) is 15.9 Å². The highest BCUT2D eigenvalue weighted by Crippen LogP contribution is 2.39. The number of rotatable bonds is 3. The van der Waals surface area contributed by atoms with Crippen LogP contribution in [0.4, 0.5) is 5.69 Å². The lowest BCUT2D eigenvalue weighted by atomic mass is 9.94. The number of nitro benzene ring substituents is 1. The van der Waals surface area contributed by atoms with Gasteiger partial charge in [-0.2, -0.15) is 0 Å². The van der Waals surface area contributed by atoms with Gasteiger partial charge in [-0.25, -0.2) is 0 Å². The van der Waals surface area contributed by atoms with Gasteiger partial charge in [0.05, 0.1) is 16.4 Å². The first-order valence-corrected chi connectivity index (χ1v) is 6.08. The van der Waals surface area contributed by atoms with Gasteiger partial charge in [0.15, 0.2) is 0 Å². The summed E-state index contributed by atoms with van der Waals surface area (Å²) >= 11 is 3.16. The topological polar surface area (TPSA) is 89.7 Å². The normalized spacial score (nSPS) is 22.9. The van der Waals surface area contributed by atoms with E-state index in [1.165, 1.54) is 12.1 Å². The summed E-state index contributed by atoms with van der Waals surface area (Å²) < 4.78 is 5.92. The highest BCUT2D eigenvalue weighted by molar-refractivity contribution is 9.10. The van der Waals surface area contributed by atoms with Gasteiger partial charge in [-0.3, -0.25) is 14.9 Å². The minimum absolute atomic E-state index is 0.123. The molecular weight excluding hydrogens is 306 g/mol. The molecule has 1 aliphatic rings. The maximum atomic E-state index is 11.1. The highest BCUT2D eigenvalue weighted by atomic mass is 79.9. The maximum absolute atomic E-state index is 11.1. The van der Waals surface area contributed by atoms with Crippen molar-refractivity contribution in [1.29, 1.82) is 0 Å². The van der Waals surface area contributed by atoms with Crippen molar-refractivity contribution >= 4 is 27.6 Å². The molecule has 1 aromatic rings. The van der Waals surface area contributed by atoms with Gasteiger partial charge in [0.25, 0.3) is 5.69 Å². The Balaban J connectivity index is 2.44. The molecule has 0 saturated carbocycles. The predicted octanol–water partition coefficient (Wildman–Crippen LogP) is 2.52. The first kappa shape index (κ1) is 13.0. The molecule has 0 spiro atoms. The van der Waals surface area contributed by atoms with Gasteiger partial charge >= 0.3 is 5.97 Å². The number of carboxylic acid groups (broad SMARTS) is 1. The maximum Gasteiger partial charge on any atom is 0.309 e. The van der Waals surface area contributed by atoms with Gasteiger partial charge in [0.1, 0.15) is 6.10 Å². The van der Waals surface area contributed by atoms with Crippen LogP contribution in [0.2, 0.25) is 0 Å². The molecule has 0 radical (unpaired) electrons. The van der Waals surface area contributed by atoms with Crippen molar-refractivity contribution in [3.05, 3.63) is 38.3 Å². The van der Waals surface area contributed by atoms with E-state index in [0.717, 1.165) is 0 Å². The quantitative estimate of drug-likeness (QED) is 0.683. The summed E-state index contributed by atoms with van der Waals surface area (Å²) in [6.45, 7) is 0.300. The number of hydrogen-bond acceptors (Lipinski definition) is 4. The van der Waals surface area contributed by atoms with Crippen molar-refractivity contribution in [3.8, 4) is 0 Å². The van der Waals surface area contributed by atoms with Crippen LogP contribution in [0.3, 0.4) is 0 Å². The summed E-state index contributed by atoms with van der Waals surface area (Å²) in [6, 6.07) is 4.53. The number of carboxylic acids is 1. The smallest absolute Gasteiger partial charge is 0.309 e. The van der Waals surface area contributed by atoms with Gasteiger partial charge in [0.2, 0.25) is 0 Å². The number of ether oxygens (including phenoxy) is 1. The molecule has 96 valence electrons. The third kappa shape index (κ3) is 2.37. The zero-order valence-electron chi connectivity index (χ0n) is 9.21. The summed E-state index contributed by atoms with van der Waals surface area (Å²) in [5.41, 5.74) is 0.190. The first-order chi connectivity index (χ1) is 8.50. The van der Waals surface area contributed by atoms with E-state index in [0.29, 0.717) is 23.1 Å². The number of nitrogens with zero attached hydrogens (tertiary/aromatic N) is 1. The Hall–Kier alpha value is -1.47. The molecule has 18 heavy (non-hydrogen) atoms. The predicted molar refractivity (Wildman–Crippen MR) is 65.2 cm³/mol. The summed E-state index contributed by atoms with van der Waals surface area (Å²) in [7, 11) is 0. The van der Waals surface area contributed by atoms with E-state index in [9.17, 15) is 14.9 Å². The van der Waals surface area contributed by atoms with E-state index in [2.05, 4.69) is 15.9 Å². The molecule has 0 aromatic heterocycles. The van der Waals surface area contributed by atoms with Crippen LogP contribution in [-0.2, 0) is 9.53 Å². The molecule has 1 saturated heterocycles. The number of aliphatic carboxylic acids is 1.